The third-order valence-corrected chi connectivity index (χ3v) is 3.83. The number of aromatic nitrogens is 2. The highest BCUT2D eigenvalue weighted by Gasteiger charge is 2.17. The van der Waals surface area contributed by atoms with Crippen molar-refractivity contribution in [3.63, 3.8) is 0 Å². The molecule has 0 spiro atoms. The molecule has 1 heterocycles. The van der Waals surface area contributed by atoms with Gasteiger partial charge in [-0.2, -0.15) is 0 Å². The van der Waals surface area contributed by atoms with Gasteiger partial charge in [0.1, 0.15) is 5.82 Å². The predicted octanol–water partition coefficient (Wildman–Crippen LogP) is 2.33. The number of hydrogen-bond donors (Lipinski definition) is 1. The molecule has 0 saturated carbocycles. The number of methoxy groups -OCH3 is 3. The second-order valence-corrected chi connectivity index (χ2v) is 5.62. The number of H-pyrrole nitrogens is 1. The molecule has 0 fully saturated rings. The van der Waals surface area contributed by atoms with Gasteiger partial charge in [0.15, 0.2) is 11.5 Å². The van der Waals surface area contributed by atoms with Crippen LogP contribution in [-0.2, 0) is 9.53 Å². The van der Waals surface area contributed by atoms with Crippen molar-refractivity contribution in [2.75, 3.05) is 21.3 Å². The van der Waals surface area contributed by atoms with Crippen molar-refractivity contribution in [2.45, 2.75) is 32.6 Å². The van der Waals surface area contributed by atoms with Crippen LogP contribution in [0.15, 0.2) is 10.9 Å². The minimum atomic E-state index is -0.255. The van der Waals surface area contributed by atoms with Gasteiger partial charge in [-0.15, -0.1) is 0 Å². The SMILES string of the molecule is COC(=O)CCCCC#Cc1c(OC)c(OC)cc2c(=O)[nH]c(C)nc12. The molecule has 26 heavy (non-hydrogen) atoms. The number of fused-ring (bicyclic) bond motifs is 1. The van der Waals surface area contributed by atoms with Crippen LogP contribution in [0.1, 0.15) is 37.1 Å². The number of aromatic amines is 1. The van der Waals surface area contributed by atoms with Crippen LogP contribution < -0.4 is 15.0 Å². The number of benzene rings is 1. The maximum Gasteiger partial charge on any atom is 0.305 e. The molecule has 0 aliphatic carbocycles. The standard InChI is InChI=1S/C19H22N2O5/c1-12-20-17-13(9-7-5-6-8-10-16(22)25-3)18(26-4)15(24-2)11-14(17)19(23)21-12/h11H,5-6,8,10H2,1-4H3,(H,20,21,23). The van der Waals surface area contributed by atoms with Crippen molar-refractivity contribution in [2.24, 2.45) is 0 Å². The van der Waals surface area contributed by atoms with E-state index in [1.807, 2.05) is 0 Å². The normalized spacial score (nSPS) is 10.2. The van der Waals surface area contributed by atoms with Gasteiger partial charge in [0, 0.05) is 12.8 Å². The average molecular weight is 358 g/mol. The zero-order chi connectivity index (χ0) is 19.1. The lowest BCUT2D eigenvalue weighted by Gasteiger charge is -2.12. The first-order valence-corrected chi connectivity index (χ1v) is 8.23. The van der Waals surface area contributed by atoms with Gasteiger partial charge in [0.05, 0.1) is 37.8 Å². The number of carbonyl (C=O) groups is 1. The number of ether oxygens (including phenoxy) is 3. The molecule has 1 aromatic heterocycles. The molecule has 0 unspecified atom stereocenters. The van der Waals surface area contributed by atoms with E-state index in [2.05, 4.69) is 26.5 Å². The topological polar surface area (TPSA) is 90.5 Å². The Hall–Kier alpha value is -3.01. The lowest BCUT2D eigenvalue weighted by atomic mass is 10.1. The summed E-state index contributed by atoms with van der Waals surface area (Å²) in [4.78, 5) is 30.4. The first kappa shape index (κ1) is 19.3. The molecule has 0 amide bonds. The lowest BCUT2D eigenvalue weighted by molar-refractivity contribution is -0.140. The third kappa shape index (κ3) is 4.33. The Morgan fingerprint density at radius 2 is 2.00 bits per heavy atom. The van der Waals surface area contributed by atoms with Crippen LogP contribution in [-0.4, -0.2) is 37.3 Å². The Balaban J connectivity index is 2.37. The van der Waals surface area contributed by atoms with Gasteiger partial charge in [0.25, 0.3) is 5.56 Å². The third-order valence-electron chi connectivity index (χ3n) is 3.83. The molecule has 0 aliphatic rings. The molecule has 7 nitrogen and oxygen atoms in total. The van der Waals surface area contributed by atoms with Crippen LogP contribution in [0.3, 0.4) is 0 Å². The van der Waals surface area contributed by atoms with E-state index < -0.39 is 0 Å². The Morgan fingerprint density at radius 1 is 1.23 bits per heavy atom. The number of esters is 1. The van der Waals surface area contributed by atoms with Crippen LogP contribution in [0.5, 0.6) is 11.5 Å². The van der Waals surface area contributed by atoms with E-state index in [-0.39, 0.29) is 11.5 Å². The highest BCUT2D eigenvalue weighted by molar-refractivity contribution is 5.89. The summed E-state index contributed by atoms with van der Waals surface area (Å²) in [6.07, 6.45) is 2.44. The molecule has 0 saturated heterocycles. The monoisotopic (exact) mass is 358 g/mol. The molecule has 138 valence electrons. The molecule has 1 N–H and O–H groups in total. The number of rotatable bonds is 6. The fourth-order valence-electron chi connectivity index (χ4n) is 2.55. The second-order valence-electron chi connectivity index (χ2n) is 5.62. The number of carbonyl (C=O) groups excluding carboxylic acids is 1. The number of nitrogens with one attached hydrogen (secondary N) is 1. The summed E-state index contributed by atoms with van der Waals surface area (Å²) in [6.45, 7) is 1.71. The summed E-state index contributed by atoms with van der Waals surface area (Å²) in [6, 6.07) is 1.60. The second kappa shape index (κ2) is 8.90. The summed E-state index contributed by atoms with van der Waals surface area (Å²) < 4.78 is 15.4. The van der Waals surface area contributed by atoms with Crippen molar-refractivity contribution in [1.29, 1.82) is 0 Å². The first-order valence-electron chi connectivity index (χ1n) is 8.23. The molecule has 7 heteroatoms. The fraction of sp³-hybridized carbons (Fsp3) is 0.421. The summed E-state index contributed by atoms with van der Waals surface area (Å²) in [7, 11) is 4.40. The zero-order valence-corrected chi connectivity index (χ0v) is 15.4. The highest BCUT2D eigenvalue weighted by atomic mass is 16.5. The number of hydrogen-bond acceptors (Lipinski definition) is 6. The molecule has 2 rings (SSSR count). The Morgan fingerprint density at radius 3 is 2.65 bits per heavy atom. The minimum Gasteiger partial charge on any atom is -0.493 e. The summed E-state index contributed by atoms with van der Waals surface area (Å²) >= 11 is 0. The summed E-state index contributed by atoms with van der Waals surface area (Å²) in [5.41, 5.74) is 0.740. The van der Waals surface area contributed by atoms with Crippen LogP contribution in [0.25, 0.3) is 10.9 Å². The summed E-state index contributed by atoms with van der Waals surface area (Å²) in [5.74, 6) is 7.25. The van der Waals surface area contributed by atoms with E-state index in [0.29, 0.717) is 53.1 Å². The maximum absolute atomic E-state index is 12.2. The highest BCUT2D eigenvalue weighted by Crippen LogP contribution is 2.35. The van der Waals surface area contributed by atoms with Crippen molar-refractivity contribution >= 4 is 16.9 Å². The molecule has 1 aromatic carbocycles. The van der Waals surface area contributed by atoms with Crippen LogP contribution in [0, 0.1) is 18.8 Å². The van der Waals surface area contributed by atoms with Gasteiger partial charge in [0.2, 0.25) is 0 Å². The van der Waals surface area contributed by atoms with Gasteiger partial charge in [-0.3, -0.25) is 9.59 Å². The largest absolute Gasteiger partial charge is 0.493 e. The molecule has 2 aromatic rings. The van der Waals surface area contributed by atoms with Gasteiger partial charge in [-0.05, 0) is 25.8 Å². The Labute approximate surface area is 151 Å². The molecule has 0 atom stereocenters. The fourth-order valence-corrected chi connectivity index (χ4v) is 2.55. The van der Waals surface area contributed by atoms with E-state index in [9.17, 15) is 9.59 Å². The average Bonchev–Trinajstić information content (AvgIpc) is 2.63. The van der Waals surface area contributed by atoms with E-state index in [0.717, 1.165) is 6.42 Å². The molecule has 0 radical (unpaired) electrons. The van der Waals surface area contributed by atoms with Crippen molar-refractivity contribution in [3.8, 4) is 23.3 Å². The van der Waals surface area contributed by atoms with Crippen molar-refractivity contribution in [3.05, 3.63) is 27.8 Å². The maximum atomic E-state index is 12.2. The van der Waals surface area contributed by atoms with Gasteiger partial charge >= 0.3 is 5.97 Å². The first-order chi connectivity index (χ1) is 12.5. The van der Waals surface area contributed by atoms with E-state index >= 15 is 0 Å². The van der Waals surface area contributed by atoms with E-state index in [4.69, 9.17) is 9.47 Å². The smallest absolute Gasteiger partial charge is 0.305 e. The van der Waals surface area contributed by atoms with Crippen LogP contribution in [0.2, 0.25) is 0 Å². The molecular weight excluding hydrogens is 336 g/mol. The summed E-state index contributed by atoms with van der Waals surface area (Å²) in [5, 5.41) is 0.392. The van der Waals surface area contributed by atoms with Crippen LogP contribution >= 0.6 is 0 Å². The van der Waals surface area contributed by atoms with Crippen molar-refractivity contribution in [1.82, 2.24) is 9.97 Å². The van der Waals surface area contributed by atoms with Gasteiger partial charge < -0.3 is 19.2 Å². The molecular formula is C19H22N2O5. The molecule has 0 bridgehead atoms. The van der Waals surface area contributed by atoms with E-state index in [1.54, 1.807) is 13.0 Å². The number of nitrogens with zero attached hydrogens (tertiary/aromatic N) is 1. The quantitative estimate of drug-likeness (QED) is 0.484. The predicted molar refractivity (Wildman–Crippen MR) is 97.6 cm³/mol. The number of aryl methyl sites for hydroxylation is 1. The van der Waals surface area contributed by atoms with E-state index in [1.165, 1.54) is 21.3 Å². The van der Waals surface area contributed by atoms with Crippen LogP contribution in [0.4, 0.5) is 0 Å². The zero-order valence-electron chi connectivity index (χ0n) is 15.4. The van der Waals surface area contributed by atoms with Gasteiger partial charge in [-0.25, -0.2) is 4.98 Å². The number of unbranched alkanes of at least 4 members (excludes halogenated alkanes) is 2. The van der Waals surface area contributed by atoms with Crippen molar-refractivity contribution < 1.29 is 19.0 Å². The Kier molecular flexibility index (Phi) is 6.61. The minimum absolute atomic E-state index is 0.225. The molecule has 0 aliphatic heterocycles. The van der Waals surface area contributed by atoms with Gasteiger partial charge in [-0.1, -0.05) is 11.8 Å². The Bertz CT molecular complexity index is 921. The lowest BCUT2D eigenvalue weighted by Crippen LogP contribution is -2.11.